The van der Waals surface area contributed by atoms with Crippen molar-refractivity contribution in [3.63, 3.8) is 0 Å². The smallest absolute Gasteiger partial charge is 0.189 e. The van der Waals surface area contributed by atoms with Crippen molar-refractivity contribution < 1.29 is 14.3 Å². The molecule has 3 heteroatoms. The third kappa shape index (κ3) is 3.84. The van der Waals surface area contributed by atoms with Crippen LogP contribution in [0.15, 0.2) is 78.4 Å². The van der Waals surface area contributed by atoms with Gasteiger partial charge in [0, 0.05) is 11.1 Å². The Labute approximate surface area is 165 Å². The second-order valence-corrected chi connectivity index (χ2v) is 6.84. The highest BCUT2D eigenvalue weighted by molar-refractivity contribution is 6.13. The molecule has 28 heavy (non-hydrogen) atoms. The molecule has 3 nitrogen and oxygen atoms in total. The van der Waals surface area contributed by atoms with Crippen LogP contribution in [0.25, 0.3) is 6.08 Å². The first-order valence-electron chi connectivity index (χ1n) is 9.42. The lowest BCUT2D eigenvalue weighted by molar-refractivity contribution is 0.102. The Balaban J connectivity index is 1.54. The Hall–Kier alpha value is -3.33. The maximum Gasteiger partial charge on any atom is 0.189 e. The summed E-state index contributed by atoms with van der Waals surface area (Å²) in [6.07, 6.45) is 3.61. The number of carbonyl (C=O) groups excluding carboxylic acids is 1. The lowest BCUT2D eigenvalue weighted by Gasteiger charge is -2.17. The number of benzene rings is 3. The quantitative estimate of drug-likeness (QED) is 0.557. The van der Waals surface area contributed by atoms with Crippen LogP contribution in [-0.2, 0) is 13.0 Å². The van der Waals surface area contributed by atoms with Gasteiger partial charge in [0.25, 0.3) is 0 Å². The number of Topliss-reactive ketones (excluding diaryl/α,β-unsaturated/α-hetero) is 1. The van der Waals surface area contributed by atoms with E-state index in [1.165, 1.54) is 0 Å². The molecule has 0 bridgehead atoms. The first-order chi connectivity index (χ1) is 13.7. The number of aryl methyl sites for hydroxylation is 1. The highest BCUT2D eigenvalue weighted by Gasteiger charge is 2.21. The van der Waals surface area contributed by atoms with Gasteiger partial charge < -0.3 is 9.47 Å². The van der Waals surface area contributed by atoms with Gasteiger partial charge in [-0.3, -0.25) is 4.79 Å². The number of hydrogen-bond acceptors (Lipinski definition) is 3. The molecule has 0 amide bonds. The summed E-state index contributed by atoms with van der Waals surface area (Å²) < 4.78 is 11.4. The second-order valence-electron chi connectivity index (χ2n) is 6.84. The van der Waals surface area contributed by atoms with Gasteiger partial charge >= 0.3 is 0 Å². The third-order valence-electron chi connectivity index (χ3n) is 4.98. The number of ketones is 1. The van der Waals surface area contributed by atoms with Crippen molar-refractivity contribution in [3.8, 4) is 11.5 Å². The van der Waals surface area contributed by atoms with Crippen LogP contribution in [0.5, 0.6) is 11.5 Å². The summed E-state index contributed by atoms with van der Waals surface area (Å²) in [5, 5.41) is 0. The molecule has 0 aliphatic heterocycles. The van der Waals surface area contributed by atoms with Crippen LogP contribution in [0.1, 0.15) is 33.5 Å². The van der Waals surface area contributed by atoms with Crippen molar-refractivity contribution in [1.82, 2.24) is 0 Å². The maximum atomic E-state index is 12.8. The van der Waals surface area contributed by atoms with E-state index in [1.54, 1.807) is 7.11 Å². The van der Waals surface area contributed by atoms with Crippen LogP contribution in [0.3, 0.4) is 0 Å². The predicted octanol–water partition coefficient (Wildman–Crippen LogP) is 5.49. The van der Waals surface area contributed by atoms with Crippen molar-refractivity contribution in [2.45, 2.75) is 19.4 Å². The van der Waals surface area contributed by atoms with Gasteiger partial charge in [0.1, 0.15) is 6.61 Å². The largest absolute Gasteiger partial charge is 0.493 e. The molecular weight excluding hydrogens is 348 g/mol. The number of carbonyl (C=O) groups is 1. The van der Waals surface area contributed by atoms with E-state index < -0.39 is 0 Å². The van der Waals surface area contributed by atoms with Crippen LogP contribution in [-0.4, -0.2) is 12.9 Å². The number of fused-ring (bicyclic) bond motifs is 1. The molecule has 0 N–H and O–H groups in total. The van der Waals surface area contributed by atoms with E-state index in [-0.39, 0.29) is 5.78 Å². The Morgan fingerprint density at radius 1 is 0.893 bits per heavy atom. The zero-order chi connectivity index (χ0) is 19.3. The van der Waals surface area contributed by atoms with Crippen LogP contribution < -0.4 is 9.47 Å². The normalized spacial score (nSPS) is 14.6. The van der Waals surface area contributed by atoms with Crippen molar-refractivity contribution >= 4 is 11.9 Å². The fourth-order valence-corrected chi connectivity index (χ4v) is 3.48. The van der Waals surface area contributed by atoms with Gasteiger partial charge in [-0.1, -0.05) is 60.7 Å². The van der Waals surface area contributed by atoms with Crippen molar-refractivity contribution in [2.75, 3.05) is 7.11 Å². The van der Waals surface area contributed by atoms with E-state index in [2.05, 4.69) is 0 Å². The molecule has 0 fully saturated rings. The molecule has 0 unspecified atom stereocenters. The molecule has 140 valence electrons. The van der Waals surface area contributed by atoms with E-state index in [0.717, 1.165) is 40.7 Å². The first-order valence-corrected chi connectivity index (χ1v) is 9.42. The predicted molar refractivity (Wildman–Crippen MR) is 111 cm³/mol. The highest BCUT2D eigenvalue weighted by atomic mass is 16.5. The maximum absolute atomic E-state index is 12.8. The molecule has 1 aliphatic rings. The Morgan fingerprint density at radius 3 is 2.50 bits per heavy atom. The lowest BCUT2D eigenvalue weighted by atomic mass is 9.86. The summed E-state index contributed by atoms with van der Waals surface area (Å²) in [6.45, 7) is 0.479. The topological polar surface area (TPSA) is 35.5 Å². The molecule has 1 aliphatic carbocycles. The van der Waals surface area contributed by atoms with Gasteiger partial charge in [-0.05, 0) is 47.7 Å². The van der Waals surface area contributed by atoms with Gasteiger partial charge in [0.2, 0.25) is 0 Å². The number of methoxy groups -OCH3 is 1. The zero-order valence-electron chi connectivity index (χ0n) is 15.9. The van der Waals surface area contributed by atoms with Crippen LogP contribution >= 0.6 is 0 Å². The average Bonchev–Trinajstić information content (AvgIpc) is 2.75. The molecule has 3 aromatic carbocycles. The number of hydrogen-bond donors (Lipinski definition) is 0. The van der Waals surface area contributed by atoms with Gasteiger partial charge in [-0.25, -0.2) is 0 Å². The van der Waals surface area contributed by atoms with E-state index in [9.17, 15) is 4.79 Å². The van der Waals surface area contributed by atoms with Gasteiger partial charge in [0.05, 0.1) is 7.11 Å². The lowest BCUT2D eigenvalue weighted by Crippen LogP contribution is -2.13. The number of ether oxygens (including phenoxy) is 2. The van der Waals surface area contributed by atoms with Crippen molar-refractivity contribution in [2.24, 2.45) is 0 Å². The molecule has 0 radical (unpaired) electrons. The van der Waals surface area contributed by atoms with Crippen molar-refractivity contribution in [1.29, 1.82) is 0 Å². The first kappa shape index (κ1) is 18.1. The minimum atomic E-state index is 0.116. The van der Waals surface area contributed by atoms with Crippen molar-refractivity contribution in [3.05, 3.63) is 101 Å². The monoisotopic (exact) mass is 370 g/mol. The summed E-state index contributed by atoms with van der Waals surface area (Å²) in [6, 6.07) is 23.6. The Kier molecular flexibility index (Phi) is 5.24. The molecule has 0 aromatic heterocycles. The highest BCUT2D eigenvalue weighted by Crippen LogP contribution is 2.31. The molecule has 0 atom stereocenters. The SMILES string of the molecule is COc1cc(/C=C2\CCc3ccccc3C2=O)ccc1OCc1ccccc1. The number of allylic oxidation sites excluding steroid dienone is 1. The summed E-state index contributed by atoms with van der Waals surface area (Å²) in [5.41, 5.74) is 4.81. The van der Waals surface area contributed by atoms with Crippen LogP contribution in [0.4, 0.5) is 0 Å². The van der Waals surface area contributed by atoms with E-state index in [0.29, 0.717) is 18.1 Å². The Morgan fingerprint density at radius 2 is 1.68 bits per heavy atom. The fraction of sp³-hybridized carbons (Fsp3) is 0.160. The molecular formula is C25H22O3. The minimum Gasteiger partial charge on any atom is -0.493 e. The van der Waals surface area contributed by atoms with E-state index in [1.807, 2.05) is 78.9 Å². The molecule has 0 heterocycles. The summed E-state index contributed by atoms with van der Waals surface area (Å²) >= 11 is 0. The fourth-order valence-electron chi connectivity index (χ4n) is 3.48. The van der Waals surface area contributed by atoms with Crippen LogP contribution in [0.2, 0.25) is 0 Å². The van der Waals surface area contributed by atoms with Crippen LogP contribution in [0, 0.1) is 0 Å². The zero-order valence-corrected chi connectivity index (χ0v) is 15.9. The molecule has 4 rings (SSSR count). The van der Waals surface area contributed by atoms with Gasteiger partial charge in [-0.2, -0.15) is 0 Å². The molecule has 0 saturated heterocycles. The molecule has 0 spiro atoms. The molecule has 3 aromatic rings. The summed E-state index contributed by atoms with van der Waals surface area (Å²) in [7, 11) is 1.63. The molecule has 0 saturated carbocycles. The number of rotatable bonds is 5. The van der Waals surface area contributed by atoms with E-state index >= 15 is 0 Å². The standard InChI is InChI=1S/C25H22O3/c1-27-24-16-19(11-14-23(24)28-17-18-7-3-2-4-8-18)15-21-13-12-20-9-5-6-10-22(20)25(21)26/h2-11,14-16H,12-13,17H2,1H3/b21-15+. The Bertz CT molecular complexity index is 1020. The summed E-state index contributed by atoms with van der Waals surface area (Å²) in [5.74, 6) is 1.47. The van der Waals surface area contributed by atoms with E-state index in [4.69, 9.17) is 9.47 Å². The average molecular weight is 370 g/mol. The third-order valence-corrected chi connectivity index (χ3v) is 4.98. The second kappa shape index (κ2) is 8.13. The summed E-state index contributed by atoms with van der Waals surface area (Å²) in [4.78, 5) is 12.8. The van der Waals surface area contributed by atoms with Gasteiger partial charge in [0.15, 0.2) is 17.3 Å². The minimum absolute atomic E-state index is 0.116. The van der Waals surface area contributed by atoms with Gasteiger partial charge in [-0.15, -0.1) is 0 Å².